The van der Waals surface area contributed by atoms with Gasteiger partial charge in [0.1, 0.15) is 5.76 Å². The minimum absolute atomic E-state index is 0.0181. The van der Waals surface area contributed by atoms with Gasteiger partial charge in [-0.25, -0.2) is 0 Å². The fourth-order valence-corrected chi connectivity index (χ4v) is 2.98. The second-order valence-corrected chi connectivity index (χ2v) is 5.95. The predicted molar refractivity (Wildman–Crippen MR) is 83.5 cm³/mol. The Morgan fingerprint density at radius 2 is 2.14 bits per heavy atom. The molecule has 1 aromatic carbocycles. The lowest BCUT2D eigenvalue weighted by Gasteiger charge is -2.32. The lowest BCUT2D eigenvalue weighted by atomic mass is 10.0. The first-order chi connectivity index (χ1) is 10.1. The molecule has 0 spiro atoms. The molecule has 110 valence electrons. The molecule has 21 heavy (non-hydrogen) atoms. The van der Waals surface area contributed by atoms with Gasteiger partial charge in [-0.15, -0.1) is 0 Å². The maximum Gasteiger partial charge on any atom is 0.289 e. The third-order valence-corrected chi connectivity index (χ3v) is 4.22. The number of furan rings is 1. The highest BCUT2D eigenvalue weighted by Gasteiger charge is 2.26. The van der Waals surface area contributed by atoms with Crippen molar-refractivity contribution in [2.45, 2.75) is 32.2 Å². The molecule has 1 fully saturated rings. The monoisotopic (exact) mass is 303 g/mol. The first-order valence-electron chi connectivity index (χ1n) is 7.32. The largest absolute Gasteiger partial charge is 0.451 e. The van der Waals surface area contributed by atoms with Crippen LogP contribution in [0.2, 0.25) is 5.02 Å². The van der Waals surface area contributed by atoms with Crippen molar-refractivity contribution in [2.75, 3.05) is 6.54 Å². The van der Waals surface area contributed by atoms with Crippen LogP contribution in [0.5, 0.6) is 0 Å². The summed E-state index contributed by atoms with van der Waals surface area (Å²) in [5.41, 5.74) is 0.883. The zero-order valence-corrected chi connectivity index (χ0v) is 12.8. The van der Waals surface area contributed by atoms with E-state index in [1.165, 1.54) is 6.42 Å². The smallest absolute Gasteiger partial charge is 0.289 e. The van der Waals surface area contributed by atoms with Gasteiger partial charge in [-0.3, -0.25) is 4.79 Å². The molecule has 0 radical (unpaired) electrons. The van der Waals surface area contributed by atoms with Crippen LogP contribution in [0.15, 0.2) is 40.8 Å². The Bertz CT molecular complexity index is 650. The number of benzene rings is 1. The standard InChI is InChI=1S/C17H18ClNO2/c1-12-5-2-3-10-19(12)17(20)16-9-8-15(21-16)13-6-4-7-14(18)11-13/h4,6-9,11-12H,2-3,5,10H2,1H3/t12-/m0/s1. The molecule has 1 aliphatic heterocycles. The van der Waals surface area contributed by atoms with Crippen molar-refractivity contribution in [3.05, 3.63) is 47.2 Å². The van der Waals surface area contributed by atoms with Gasteiger partial charge in [-0.1, -0.05) is 23.7 Å². The van der Waals surface area contributed by atoms with Crippen LogP contribution in [0.25, 0.3) is 11.3 Å². The maximum atomic E-state index is 12.5. The quantitative estimate of drug-likeness (QED) is 0.811. The summed E-state index contributed by atoms with van der Waals surface area (Å²) < 4.78 is 5.74. The minimum Gasteiger partial charge on any atom is -0.451 e. The lowest BCUT2D eigenvalue weighted by Crippen LogP contribution is -2.41. The summed E-state index contributed by atoms with van der Waals surface area (Å²) in [6, 6.07) is 11.3. The molecular formula is C17H18ClNO2. The predicted octanol–water partition coefficient (Wildman–Crippen LogP) is 4.61. The summed E-state index contributed by atoms with van der Waals surface area (Å²) >= 11 is 5.99. The van der Waals surface area contributed by atoms with E-state index < -0.39 is 0 Å². The number of halogens is 1. The Labute approximate surface area is 129 Å². The van der Waals surface area contributed by atoms with Gasteiger partial charge in [0.15, 0.2) is 5.76 Å². The number of carbonyl (C=O) groups is 1. The van der Waals surface area contributed by atoms with Crippen LogP contribution < -0.4 is 0 Å². The van der Waals surface area contributed by atoms with Crippen molar-refractivity contribution < 1.29 is 9.21 Å². The summed E-state index contributed by atoms with van der Waals surface area (Å²) in [7, 11) is 0. The lowest BCUT2D eigenvalue weighted by molar-refractivity contribution is 0.0604. The second kappa shape index (κ2) is 5.94. The van der Waals surface area contributed by atoms with Gasteiger partial charge < -0.3 is 9.32 Å². The number of rotatable bonds is 2. The van der Waals surface area contributed by atoms with E-state index >= 15 is 0 Å². The highest BCUT2D eigenvalue weighted by atomic mass is 35.5. The molecule has 1 amide bonds. The number of likely N-dealkylation sites (tertiary alicyclic amines) is 1. The van der Waals surface area contributed by atoms with E-state index in [4.69, 9.17) is 16.0 Å². The zero-order valence-electron chi connectivity index (χ0n) is 12.0. The first kappa shape index (κ1) is 14.2. The number of hydrogen-bond donors (Lipinski definition) is 0. The number of carbonyl (C=O) groups excluding carboxylic acids is 1. The van der Waals surface area contributed by atoms with E-state index in [0.29, 0.717) is 16.5 Å². The van der Waals surface area contributed by atoms with Crippen LogP contribution in [0.4, 0.5) is 0 Å². The van der Waals surface area contributed by atoms with Crippen LogP contribution in [0, 0.1) is 0 Å². The molecule has 1 aliphatic rings. The van der Waals surface area contributed by atoms with Crippen LogP contribution in [0.3, 0.4) is 0 Å². The van der Waals surface area contributed by atoms with E-state index in [9.17, 15) is 4.79 Å². The summed E-state index contributed by atoms with van der Waals surface area (Å²) in [5, 5.41) is 0.654. The van der Waals surface area contributed by atoms with Crippen LogP contribution in [-0.2, 0) is 0 Å². The van der Waals surface area contributed by atoms with Crippen molar-refractivity contribution >= 4 is 17.5 Å². The molecular weight excluding hydrogens is 286 g/mol. The van der Waals surface area contributed by atoms with Gasteiger partial charge in [0.25, 0.3) is 5.91 Å². The van der Waals surface area contributed by atoms with E-state index in [0.717, 1.165) is 24.9 Å². The average molecular weight is 304 g/mol. The Morgan fingerprint density at radius 1 is 1.29 bits per heavy atom. The molecule has 2 aromatic rings. The molecule has 3 nitrogen and oxygen atoms in total. The number of nitrogens with zero attached hydrogens (tertiary/aromatic N) is 1. The van der Waals surface area contributed by atoms with Crippen LogP contribution in [0.1, 0.15) is 36.7 Å². The van der Waals surface area contributed by atoms with Gasteiger partial charge in [0, 0.05) is 23.2 Å². The third-order valence-electron chi connectivity index (χ3n) is 3.99. The molecule has 0 aliphatic carbocycles. The van der Waals surface area contributed by atoms with Crippen molar-refractivity contribution in [1.29, 1.82) is 0 Å². The average Bonchev–Trinajstić information content (AvgIpc) is 2.97. The van der Waals surface area contributed by atoms with Gasteiger partial charge >= 0.3 is 0 Å². The Morgan fingerprint density at radius 3 is 2.90 bits per heavy atom. The summed E-state index contributed by atoms with van der Waals surface area (Å²) in [4.78, 5) is 14.4. The molecule has 0 unspecified atom stereocenters. The minimum atomic E-state index is -0.0181. The topological polar surface area (TPSA) is 33.5 Å². The Kier molecular flexibility index (Phi) is 4.02. The molecule has 1 aromatic heterocycles. The number of hydrogen-bond acceptors (Lipinski definition) is 2. The van der Waals surface area contributed by atoms with E-state index in [-0.39, 0.29) is 11.9 Å². The molecule has 0 saturated carbocycles. The van der Waals surface area contributed by atoms with Gasteiger partial charge in [-0.05, 0) is 50.5 Å². The summed E-state index contributed by atoms with van der Waals surface area (Å²) in [5.74, 6) is 1.06. The molecule has 2 heterocycles. The maximum absolute atomic E-state index is 12.5. The van der Waals surface area contributed by atoms with Crippen molar-refractivity contribution in [3.8, 4) is 11.3 Å². The first-order valence-corrected chi connectivity index (χ1v) is 7.70. The molecule has 1 saturated heterocycles. The third kappa shape index (κ3) is 2.98. The molecule has 0 bridgehead atoms. The Balaban J connectivity index is 1.83. The molecule has 3 rings (SSSR count). The van der Waals surface area contributed by atoms with Crippen molar-refractivity contribution in [1.82, 2.24) is 4.90 Å². The summed E-state index contributed by atoms with van der Waals surface area (Å²) in [6.45, 7) is 2.91. The fraction of sp³-hybridized carbons (Fsp3) is 0.353. The highest BCUT2D eigenvalue weighted by Crippen LogP contribution is 2.26. The van der Waals surface area contributed by atoms with Gasteiger partial charge in [0.2, 0.25) is 0 Å². The van der Waals surface area contributed by atoms with Crippen LogP contribution in [-0.4, -0.2) is 23.4 Å². The number of amides is 1. The SMILES string of the molecule is C[C@H]1CCCCN1C(=O)c1ccc(-c2cccc(Cl)c2)o1. The van der Waals surface area contributed by atoms with E-state index in [1.807, 2.05) is 35.2 Å². The van der Waals surface area contributed by atoms with E-state index in [2.05, 4.69) is 6.92 Å². The number of piperidine rings is 1. The zero-order chi connectivity index (χ0) is 14.8. The molecule has 1 atom stereocenters. The Hall–Kier alpha value is -1.74. The van der Waals surface area contributed by atoms with E-state index in [1.54, 1.807) is 6.07 Å². The van der Waals surface area contributed by atoms with Crippen molar-refractivity contribution in [3.63, 3.8) is 0 Å². The van der Waals surface area contributed by atoms with Crippen LogP contribution >= 0.6 is 11.6 Å². The van der Waals surface area contributed by atoms with Crippen molar-refractivity contribution in [2.24, 2.45) is 0 Å². The second-order valence-electron chi connectivity index (χ2n) is 5.52. The fourth-order valence-electron chi connectivity index (χ4n) is 2.79. The highest BCUT2D eigenvalue weighted by molar-refractivity contribution is 6.30. The normalized spacial score (nSPS) is 18.8. The van der Waals surface area contributed by atoms with Gasteiger partial charge in [-0.2, -0.15) is 0 Å². The van der Waals surface area contributed by atoms with Gasteiger partial charge in [0.05, 0.1) is 0 Å². The molecule has 4 heteroatoms. The summed E-state index contributed by atoms with van der Waals surface area (Å²) in [6.07, 6.45) is 3.32. The molecule has 0 N–H and O–H groups in total.